The zero-order chi connectivity index (χ0) is 25.0. The number of carbonyl (C=O) groups is 2. The van der Waals surface area contributed by atoms with Gasteiger partial charge in [0.25, 0.3) is 0 Å². The monoisotopic (exact) mass is 457 g/mol. The Hall–Kier alpha value is -3.16. The summed E-state index contributed by atoms with van der Waals surface area (Å²) in [5.41, 5.74) is 2.92. The van der Waals surface area contributed by atoms with Gasteiger partial charge in [0.2, 0.25) is 0 Å². The molecule has 2 rings (SSSR count). The molecule has 0 saturated carbocycles. The molecule has 0 aromatic heterocycles. The summed E-state index contributed by atoms with van der Waals surface area (Å²) in [4.78, 5) is 21.6. The molecule has 0 fully saturated rings. The predicted molar refractivity (Wildman–Crippen MR) is 128 cm³/mol. The number of phenols is 1. The quantitative estimate of drug-likeness (QED) is 0.394. The van der Waals surface area contributed by atoms with E-state index in [0.717, 1.165) is 24.1 Å². The van der Waals surface area contributed by atoms with Crippen molar-refractivity contribution in [1.29, 1.82) is 0 Å². The average molecular weight is 458 g/mol. The Morgan fingerprint density at radius 2 is 1.45 bits per heavy atom. The fraction of sp³-hybridized carbons (Fsp3) is 0.385. The van der Waals surface area contributed by atoms with E-state index in [1.807, 2.05) is 24.3 Å². The molecule has 0 aliphatic heterocycles. The number of hydrogen-bond acceptors (Lipinski definition) is 5. The lowest BCUT2D eigenvalue weighted by atomic mass is 9.86. The summed E-state index contributed by atoms with van der Waals surface area (Å²) in [5, 5.41) is 35.6. The fourth-order valence-corrected chi connectivity index (χ4v) is 3.70. The number of nitrogens with zero attached hydrogens (tertiary/aromatic N) is 1. The highest BCUT2D eigenvalue weighted by atomic mass is 16.4. The van der Waals surface area contributed by atoms with Crippen LogP contribution in [0.2, 0.25) is 0 Å². The summed E-state index contributed by atoms with van der Waals surface area (Å²) >= 11 is 0. The highest BCUT2D eigenvalue weighted by Gasteiger charge is 2.21. The minimum absolute atomic E-state index is 0.0150. The van der Waals surface area contributed by atoms with Crippen LogP contribution in [0.25, 0.3) is 0 Å². The van der Waals surface area contributed by atoms with Gasteiger partial charge < -0.3 is 20.4 Å². The van der Waals surface area contributed by atoms with Crippen LogP contribution in [-0.2, 0) is 16.2 Å². The summed E-state index contributed by atoms with van der Waals surface area (Å²) in [6.07, 6.45) is 2.04. The minimum atomic E-state index is -1.26. The molecule has 180 valence electrons. The van der Waals surface area contributed by atoms with E-state index in [2.05, 4.69) is 44.7 Å². The number of hydrogen-bond donors (Lipinski definition) is 4. The smallest absolute Gasteiger partial charge is 0.328 e. The predicted octanol–water partition coefficient (Wildman–Crippen LogP) is 4.24. The van der Waals surface area contributed by atoms with Gasteiger partial charge >= 0.3 is 11.9 Å². The molecule has 0 spiro atoms. The van der Waals surface area contributed by atoms with Crippen molar-refractivity contribution in [1.82, 2.24) is 4.90 Å². The number of carboxylic acid groups (broad SMARTS) is 2. The molecule has 0 heterocycles. The Morgan fingerprint density at radius 1 is 0.909 bits per heavy atom. The zero-order valence-electron chi connectivity index (χ0n) is 19.7. The SMILES string of the molecule is CC(C)N(CC[C@@H](c1ccccc1)c1cc(CO)ccc1O)C(C)C.O=C(O)/C=C/C(=O)O. The number of phenolic OH excluding ortho intramolecular Hbond substituents is 1. The van der Waals surface area contributed by atoms with Crippen LogP contribution in [0.1, 0.15) is 56.7 Å². The van der Waals surface area contributed by atoms with Crippen LogP contribution in [0.3, 0.4) is 0 Å². The van der Waals surface area contributed by atoms with Crippen LogP contribution in [0, 0.1) is 0 Å². The van der Waals surface area contributed by atoms with Gasteiger partial charge in [-0.1, -0.05) is 36.4 Å². The number of aliphatic hydroxyl groups is 1. The van der Waals surface area contributed by atoms with Crippen molar-refractivity contribution in [3.8, 4) is 5.75 Å². The Morgan fingerprint density at radius 3 is 1.91 bits per heavy atom. The lowest BCUT2D eigenvalue weighted by molar-refractivity contribution is -0.134. The molecule has 33 heavy (non-hydrogen) atoms. The third-order valence-corrected chi connectivity index (χ3v) is 5.22. The molecular weight excluding hydrogens is 422 g/mol. The van der Waals surface area contributed by atoms with Crippen molar-refractivity contribution in [3.05, 3.63) is 77.4 Å². The lowest BCUT2D eigenvalue weighted by Gasteiger charge is -2.32. The van der Waals surface area contributed by atoms with Crippen molar-refractivity contribution >= 4 is 11.9 Å². The number of aliphatic carboxylic acids is 2. The van der Waals surface area contributed by atoms with E-state index in [1.165, 1.54) is 5.56 Å². The van der Waals surface area contributed by atoms with Crippen molar-refractivity contribution < 1.29 is 30.0 Å². The number of rotatable bonds is 10. The maximum Gasteiger partial charge on any atom is 0.328 e. The molecule has 2 aromatic rings. The van der Waals surface area contributed by atoms with Crippen LogP contribution < -0.4 is 0 Å². The van der Waals surface area contributed by atoms with E-state index in [4.69, 9.17) is 10.2 Å². The first kappa shape index (κ1) is 27.9. The normalized spacial score (nSPS) is 12.1. The topological polar surface area (TPSA) is 118 Å². The van der Waals surface area contributed by atoms with Crippen LogP contribution in [0.5, 0.6) is 5.75 Å². The summed E-state index contributed by atoms with van der Waals surface area (Å²) in [6, 6.07) is 16.7. The fourth-order valence-electron chi connectivity index (χ4n) is 3.70. The van der Waals surface area contributed by atoms with Gasteiger partial charge in [-0.2, -0.15) is 0 Å². The van der Waals surface area contributed by atoms with Gasteiger partial charge in [0, 0.05) is 35.7 Å². The molecule has 0 radical (unpaired) electrons. The van der Waals surface area contributed by atoms with E-state index in [1.54, 1.807) is 12.1 Å². The van der Waals surface area contributed by atoms with Crippen molar-refractivity contribution in [2.45, 2.75) is 58.7 Å². The van der Waals surface area contributed by atoms with Crippen molar-refractivity contribution in [2.75, 3.05) is 6.54 Å². The molecule has 2 aromatic carbocycles. The van der Waals surface area contributed by atoms with Crippen molar-refractivity contribution in [3.63, 3.8) is 0 Å². The third kappa shape index (κ3) is 9.89. The average Bonchev–Trinajstić information content (AvgIpc) is 2.76. The van der Waals surface area contributed by atoms with E-state index in [9.17, 15) is 19.8 Å². The molecule has 1 atom stereocenters. The van der Waals surface area contributed by atoms with Gasteiger partial charge in [0.05, 0.1) is 6.61 Å². The molecule has 7 heteroatoms. The molecule has 7 nitrogen and oxygen atoms in total. The second kappa shape index (κ2) is 14.1. The molecule has 0 unspecified atom stereocenters. The molecule has 4 N–H and O–H groups in total. The number of aliphatic hydroxyl groups excluding tert-OH is 1. The largest absolute Gasteiger partial charge is 0.508 e. The third-order valence-electron chi connectivity index (χ3n) is 5.22. The Bertz CT molecular complexity index is 884. The zero-order valence-corrected chi connectivity index (χ0v) is 19.7. The summed E-state index contributed by atoms with van der Waals surface area (Å²) in [6.45, 7) is 9.84. The highest BCUT2D eigenvalue weighted by molar-refractivity contribution is 5.89. The highest BCUT2D eigenvalue weighted by Crippen LogP contribution is 2.35. The van der Waals surface area contributed by atoms with Gasteiger partial charge in [-0.3, -0.25) is 4.90 Å². The number of aromatic hydroxyl groups is 1. The summed E-state index contributed by atoms with van der Waals surface area (Å²) < 4.78 is 0. The Balaban J connectivity index is 0.000000582. The van der Waals surface area contributed by atoms with Crippen LogP contribution in [0.15, 0.2) is 60.7 Å². The second-order valence-corrected chi connectivity index (χ2v) is 8.24. The standard InChI is InChI=1S/C22H31NO2.C4H4O4/c1-16(2)23(17(3)4)13-12-20(19-8-6-5-7-9-19)21-14-18(15-24)10-11-22(21)25;5-3(6)1-2-4(7)8/h5-11,14,16-17,20,24-25H,12-13,15H2,1-4H3;1-2H,(H,5,6)(H,7,8)/b;2-1+/t20-;/m0./s1. The maximum atomic E-state index is 10.5. The van der Waals surface area contributed by atoms with Gasteiger partial charge in [-0.25, -0.2) is 9.59 Å². The van der Waals surface area contributed by atoms with E-state index in [0.29, 0.717) is 30.0 Å². The van der Waals surface area contributed by atoms with Crippen LogP contribution in [-0.4, -0.2) is 55.9 Å². The molecular formula is C26H35NO6. The van der Waals surface area contributed by atoms with Gasteiger partial charge in [0.1, 0.15) is 5.75 Å². The molecule has 0 aliphatic rings. The first-order valence-corrected chi connectivity index (χ1v) is 10.9. The first-order chi connectivity index (χ1) is 15.6. The van der Waals surface area contributed by atoms with E-state index >= 15 is 0 Å². The number of carboxylic acids is 2. The van der Waals surface area contributed by atoms with E-state index in [-0.39, 0.29) is 12.5 Å². The molecule has 0 aliphatic carbocycles. The second-order valence-electron chi connectivity index (χ2n) is 8.24. The van der Waals surface area contributed by atoms with Crippen LogP contribution in [0.4, 0.5) is 0 Å². The summed E-state index contributed by atoms with van der Waals surface area (Å²) in [5.74, 6) is -2.11. The molecule has 0 amide bonds. The lowest BCUT2D eigenvalue weighted by Crippen LogP contribution is -2.38. The summed E-state index contributed by atoms with van der Waals surface area (Å²) in [7, 11) is 0. The minimum Gasteiger partial charge on any atom is -0.508 e. The van der Waals surface area contributed by atoms with Crippen molar-refractivity contribution in [2.24, 2.45) is 0 Å². The van der Waals surface area contributed by atoms with Gasteiger partial charge in [0.15, 0.2) is 0 Å². The molecule has 0 bridgehead atoms. The van der Waals surface area contributed by atoms with Gasteiger partial charge in [-0.15, -0.1) is 0 Å². The Labute approximate surface area is 195 Å². The molecule has 0 saturated heterocycles. The van der Waals surface area contributed by atoms with Gasteiger partial charge in [-0.05, 0) is 63.9 Å². The van der Waals surface area contributed by atoms with Crippen LogP contribution >= 0.6 is 0 Å². The number of benzene rings is 2. The maximum absolute atomic E-state index is 10.5. The Kier molecular flexibility index (Phi) is 11.9. The first-order valence-electron chi connectivity index (χ1n) is 10.9. The van der Waals surface area contributed by atoms with E-state index < -0.39 is 11.9 Å².